The van der Waals surface area contributed by atoms with Gasteiger partial charge < -0.3 is 0 Å². The molecule has 0 aromatic rings. The molecule has 0 aromatic carbocycles. The van der Waals surface area contributed by atoms with Crippen LogP contribution in [0.1, 0.15) is 27.7 Å². The first-order chi connectivity index (χ1) is 4.86. The van der Waals surface area contributed by atoms with E-state index < -0.39 is 0 Å². The van der Waals surface area contributed by atoms with Gasteiger partial charge in [0, 0.05) is 24.2 Å². The molecule has 0 amide bonds. The summed E-state index contributed by atoms with van der Waals surface area (Å²) in [5.41, 5.74) is 0.476. The van der Waals surface area contributed by atoms with Gasteiger partial charge in [-0.2, -0.15) is 0 Å². The van der Waals surface area contributed by atoms with Crippen molar-refractivity contribution < 1.29 is 0 Å². The van der Waals surface area contributed by atoms with Gasteiger partial charge in [-0.3, -0.25) is 4.90 Å². The maximum Gasteiger partial charge on any atom is 0.0313 e. The fourth-order valence-electron chi connectivity index (χ4n) is 1.63. The van der Waals surface area contributed by atoms with Crippen molar-refractivity contribution >= 4 is 0 Å². The highest BCUT2D eigenvalue weighted by atomic mass is 15.3. The Balaban J connectivity index is 2.76. The highest BCUT2D eigenvalue weighted by Crippen LogP contribution is 2.26. The van der Waals surface area contributed by atoms with Crippen LogP contribution in [-0.2, 0) is 0 Å². The smallest absolute Gasteiger partial charge is 0.0313 e. The lowest BCUT2D eigenvalue weighted by atomic mass is 9.90. The first kappa shape index (κ1) is 9.01. The Bertz CT molecular complexity index is 134. The third-order valence-electron chi connectivity index (χ3n) is 2.81. The standard InChI is InChI=1S/C9H19N2/c1-8(2)6-10-7-9(3,4)11(8)5/h6-7H2,1-5H3. The molecule has 0 aromatic heterocycles. The number of rotatable bonds is 0. The van der Waals surface area contributed by atoms with Crippen LogP contribution >= 0.6 is 0 Å². The summed E-state index contributed by atoms with van der Waals surface area (Å²) in [6.07, 6.45) is 0. The number of likely N-dealkylation sites (N-methyl/N-ethyl adjacent to an activating group) is 1. The molecule has 2 heteroatoms. The number of hydrogen-bond donors (Lipinski definition) is 0. The second-order valence-corrected chi connectivity index (χ2v) is 4.72. The molecule has 1 aliphatic heterocycles. The highest BCUT2D eigenvalue weighted by Gasteiger charge is 2.38. The second-order valence-electron chi connectivity index (χ2n) is 4.72. The SMILES string of the molecule is CN1C(C)(C)C[N]CC1(C)C. The largest absolute Gasteiger partial charge is 0.293 e. The summed E-state index contributed by atoms with van der Waals surface area (Å²) >= 11 is 0. The van der Waals surface area contributed by atoms with E-state index in [1.807, 2.05) is 0 Å². The topological polar surface area (TPSA) is 17.3 Å². The van der Waals surface area contributed by atoms with Gasteiger partial charge in [0.15, 0.2) is 0 Å². The molecule has 0 atom stereocenters. The van der Waals surface area contributed by atoms with Crippen molar-refractivity contribution in [3.05, 3.63) is 0 Å². The molecule has 11 heavy (non-hydrogen) atoms. The van der Waals surface area contributed by atoms with Crippen molar-refractivity contribution in [2.45, 2.75) is 38.8 Å². The van der Waals surface area contributed by atoms with Gasteiger partial charge in [0.25, 0.3) is 0 Å². The zero-order chi connectivity index (χ0) is 8.70. The van der Waals surface area contributed by atoms with Crippen molar-refractivity contribution in [2.75, 3.05) is 20.1 Å². The van der Waals surface area contributed by atoms with Crippen LogP contribution in [0.15, 0.2) is 0 Å². The lowest BCUT2D eigenvalue weighted by molar-refractivity contribution is 0.0108. The van der Waals surface area contributed by atoms with E-state index in [4.69, 9.17) is 0 Å². The Kier molecular flexibility index (Phi) is 2.01. The van der Waals surface area contributed by atoms with E-state index in [1.54, 1.807) is 0 Å². The van der Waals surface area contributed by atoms with Crippen molar-refractivity contribution in [3.63, 3.8) is 0 Å². The van der Waals surface area contributed by atoms with Crippen LogP contribution in [0.25, 0.3) is 0 Å². The van der Waals surface area contributed by atoms with Gasteiger partial charge in [-0.25, -0.2) is 5.32 Å². The van der Waals surface area contributed by atoms with Crippen molar-refractivity contribution in [2.24, 2.45) is 0 Å². The van der Waals surface area contributed by atoms with Crippen LogP contribution in [0.2, 0.25) is 0 Å². The van der Waals surface area contributed by atoms with E-state index in [0.29, 0.717) is 0 Å². The summed E-state index contributed by atoms with van der Waals surface area (Å²) in [6.45, 7) is 10.9. The van der Waals surface area contributed by atoms with Crippen LogP contribution in [0.5, 0.6) is 0 Å². The fraction of sp³-hybridized carbons (Fsp3) is 1.00. The summed E-state index contributed by atoms with van der Waals surface area (Å²) in [5, 5.41) is 4.49. The molecular formula is C9H19N2. The van der Waals surface area contributed by atoms with Gasteiger partial charge in [-0.15, -0.1) is 0 Å². The van der Waals surface area contributed by atoms with E-state index in [2.05, 4.69) is 45.0 Å². The minimum absolute atomic E-state index is 0.238. The van der Waals surface area contributed by atoms with Crippen molar-refractivity contribution in [1.82, 2.24) is 10.2 Å². The first-order valence-electron chi connectivity index (χ1n) is 4.23. The predicted molar refractivity (Wildman–Crippen MR) is 47.8 cm³/mol. The quantitative estimate of drug-likeness (QED) is 0.512. The molecule has 0 N–H and O–H groups in total. The monoisotopic (exact) mass is 155 g/mol. The van der Waals surface area contributed by atoms with Crippen LogP contribution in [0.3, 0.4) is 0 Å². The molecule has 65 valence electrons. The molecule has 0 saturated carbocycles. The maximum absolute atomic E-state index is 4.49. The number of hydrogen-bond acceptors (Lipinski definition) is 1. The molecule has 0 unspecified atom stereocenters. The third-order valence-corrected chi connectivity index (χ3v) is 2.81. The summed E-state index contributed by atoms with van der Waals surface area (Å²) in [5.74, 6) is 0. The molecule has 1 heterocycles. The Hall–Kier alpha value is -0.0800. The summed E-state index contributed by atoms with van der Waals surface area (Å²) in [7, 11) is 2.19. The molecule has 0 spiro atoms. The third kappa shape index (κ3) is 1.57. The van der Waals surface area contributed by atoms with Crippen LogP contribution in [0.4, 0.5) is 0 Å². The zero-order valence-corrected chi connectivity index (χ0v) is 8.31. The lowest BCUT2D eigenvalue weighted by Gasteiger charge is -2.50. The van der Waals surface area contributed by atoms with Crippen molar-refractivity contribution in [1.29, 1.82) is 0 Å². The summed E-state index contributed by atoms with van der Waals surface area (Å²) in [6, 6.07) is 0. The summed E-state index contributed by atoms with van der Waals surface area (Å²) < 4.78 is 0. The molecule has 0 bridgehead atoms. The van der Waals surface area contributed by atoms with E-state index in [9.17, 15) is 0 Å². The first-order valence-corrected chi connectivity index (χ1v) is 4.23. The molecule has 1 fully saturated rings. The average Bonchev–Trinajstić information content (AvgIpc) is 1.82. The number of nitrogens with zero attached hydrogens (tertiary/aromatic N) is 2. The maximum atomic E-state index is 4.49. The fourth-order valence-corrected chi connectivity index (χ4v) is 1.63. The van der Waals surface area contributed by atoms with Gasteiger partial charge in [0.05, 0.1) is 0 Å². The number of piperazine rings is 1. The lowest BCUT2D eigenvalue weighted by Crippen LogP contribution is -2.64. The van der Waals surface area contributed by atoms with Gasteiger partial charge >= 0.3 is 0 Å². The second kappa shape index (κ2) is 2.46. The van der Waals surface area contributed by atoms with Gasteiger partial charge in [-0.05, 0) is 34.7 Å². The molecular weight excluding hydrogens is 136 g/mol. The average molecular weight is 155 g/mol. The molecule has 1 rings (SSSR count). The van der Waals surface area contributed by atoms with E-state index >= 15 is 0 Å². The Morgan fingerprint density at radius 3 is 1.64 bits per heavy atom. The van der Waals surface area contributed by atoms with E-state index in [0.717, 1.165) is 13.1 Å². The van der Waals surface area contributed by atoms with E-state index in [1.165, 1.54) is 0 Å². The molecule has 1 aliphatic rings. The Morgan fingerprint density at radius 2 is 1.36 bits per heavy atom. The molecule has 0 aliphatic carbocycles. The van der Waals surface area contributed by atoms with Crippen molar-refractivity contribution in [3.8, 4) is 0 Å². The highest BCUT2D eigenvalue weighted by molar-refractivity contribution is 4.97. The minimum Gasteiger partial charge on any atom is -0.293 e. The zero-order valence-electron chi connectivity index (χ0n) is 8.31. The Labute approximate surface area is 70.0 Å². The van der Waals surface area contributed by atoms with Crippen LogP contribution in [-0.4, -0.2) is 36.1 Å². The van der Waals surface area contributed by atoms with Crippen LogP contribution in [0, 0.1) is 0 Å². The Morgan fingerprint density at radius 1 is 1.00 bits per heavy atom. The van der Waals surface area contributed by atoms with Gasteiger partial charge in [0.1, 0.15) is 0 Å². The van der Waals surface area contributed by atoms with E-state index in [-0.39, 0.29) is 11.1 Å². The predicted octanol–water partition coefficient (Wildman–Crippen LogP) is 1.09. The summed E-state index contributed by atoms with van der Waals surface area (Å²) in [4.78, 5) is 2.42. The van der Waals surface area contributed by atoms with Gasteiger partial charge in [0.2, 0.25) is 0 Å². The normalized spacial score (nSPS) is 30.3. The molecule has 1 radical (unpaired) electrons. The molecule has 1 saturated heterocycles. The minimum atomic E-state index is 0.238. The van der Waals surface area contributed by atoms with Crippen LogP contribution < -0.4 is 5.32 Å². The van der Waals surface area contributed by atoms with Gasteiger partial charge in [-0.1, -0.05) is 0 Å². The molecule has 2 nitrogen and oxygen atoms in total.